The second-order valence-electron chi connectivity index (χ2n) is 5.80. The number of carbonyl (C=O) groups is 2. The molecule has 2 saturated heterocycles. The summed E-state index contributed by atoms with van der Waals surface area (Å²) in [5.74, 6) is -2.16. The van der Waals surface area contributed by atoms with Crippen LogP contribution in [0, 0.1) is 5.92 Å². The molecule has 2 amide bonds. The summed E-state index contributed by atoms with van der Waals surface area (Å²) in [6.45, 7) is -1.64. The van der Waals surface area contributed by atoms with E-state index in [1.165, 1.54) is 11.9 Å². The lowest BCUT2D eigenvalue weighted by Crippen LogP contribution is -2.42. The second kappa shape index (κ2) is 5.71. The molecule has 2 heterocycles. The Bertz CT molecular complexity index is 575. The van der Waals surface area contributed by atoms with Gasteiger partial charge in [-0.2, -0.15) is 13.2 Å². The zero-order valence-corrected chi connectivity index (χ0v) is 12.8. The van der Waals surface area contributed by atoms with Gasteiger partial charge >= 0.3 is 6.18 Å². The van der Waals surface area contributed by atoms with Crippen LogP contribution >= 0.6 is 0 Å². The van der Waals surface area contributed by atoms with Crippen LogP contribution < -0.4 is 0 Å². The van der Waals surface area contributed by atoms with Crippen molar-refractivity contribution in [3.63, 3.8) is 0 Å². The molecule has 0 aromatic heterocycles. The van der Waals surface area contributed by atoms with E-state index in [1.54, 1.807) is 0 Å². The largest absolute Gasteiger partial charge is 0.406 e. The van der Waals surface area contributed by atoms with E-state index in [2.05, 4.69) is 0 Å². The minimum atomic E-state index is -4.50. The molecule has 0 aliphatic carbocycles. The topological polar surface area (TPSA) is 74.8 Å². The van der Waals surface area contributed by atoms with E-state index in [-0.39, 0.29) is 24.5 Å². The van der Waals surface area contributed by atoms with E-state index < -0.39 is 46.3 Å². The van der Waals surface area contributed by atoms with E-state index in [4.69, 9.17) is 0 Å². The molecule has 0 radical (unpaired) electrons. The highest BCUT2D eigenvalue weighted by molar-refractivity contribution is 7.91. The van der Waals surface area contributed by atoms with Gasteiger partial charge in [0.15, 0.2) is 9.84 Å². The maximum Gasteiger partial charge on any atom is 0.406 e. The summed E-state index contributed by atoms with van der Waals surface area (Å²) >= 11 is 0. The van der Waals surface area contributed by atoms with Gasteiger partial charge in [0.05, 0.1) is 17.4 Å². The molecule has 0 aromatic carbocycles. The van der Waals surface area contributed by atoms with Crippen molar-refractivity contribution in [2.75, 3.05) is 31.6 Å². The SMILES string of the molecule is CN(C(=O)[C@@H]1CC(=O)N(CC(F)(F)F)C1)[C@@H]1CCS(=O)(=O)C1. The van der Waals surface area contributed by atoms with Gasteiger partial charge in [0.2, 0.25) is 11.8 Å². The number of likely N-dealkylation sites (tertiary alicyclic amines) is 1. The maximum absolute atomic E-state index is 12.3. The quantitative estimate of drug-likeness (QED) is 0.726. The predicted molar refractivity (Wildman–Crippen MR) is 70.6 cm³/mol. The second-order valence-corrected chi connectivity index (χ2v) is 8.03. The standard InChI is InChI=1S/C12H17F3N2O4S/c1-16(9-2-3-22(20,21)6-9)11(19)8-4-10(18)17(5-8)7-12(13,14)15/h8-9H,2-7H2,1H3/t8-,9-/m1/s1. The molecule has 2 fully saturated rings. The lowest BCUT2D eigenvalue weighted by Gasteiger charge is -2.26. The number of rotatable bonds is 3. The summed E-state index contributed by atoms with van der Waals surface area (Å²) < 4.78 is 59.9. The van der Waals surface area contributed by atoms with Gasteiger partial charge in [0.25, 0.3) is 0 Å². The lowest BCUT2D eigenvalue weighted by molar-refractivity contribution is -0.157. The fourth-order valence-corrected chi connectivity index (χ4v) is 4.63. The predicted octanol–water partition coefficient (Wildman–Crippen LogP) is 0.0427. The summed E-state index contributed by atoms with van der Waals surface area (Å²) in [4.78, 5) is 25.7. The van der Waals surface area contributed by atoms with Crippen molar-refractivity contribution < 1.29 is 31.2 Å². The number of carbonyl (C=O) groups excluding carboxylic acids is 2. The molecular formula is C12H17F3N2O4S. The normalized spacial score (nSPS) is 28.2. The van der Waals surface area contributed by atoms with Gasteiger partial charge in [-0.1, -0.05) is 0 Å². The van der Waals surface area contributed by atoms with Gasteiger partial charge in [0, 0.05) is 26.1 Å². The van der Waals surface area contributed by atoms with Gasteiger partial charge in [0.1, 0.15) is 6.54 Å². The fraction of sp³-hybridized carbons (Fsp3) is 0.833. The minimum Gasteiger partial charge on any atom is -0.341 e. The molecule has 0 saturated carbocycles. The van der Waals surface area contributed by atoms with E-state index >= 15 is 0 Å². The Morgan fingerprint density at radius 3 is 2.55 bits per heavy atom. The summed E-state index contributed by atoms with van der Waals surface area (Å²) in [5.41, 5.74) is 0. The highest BCUT2D eigenvalue weighted by Gasteiger charge is 2.43. The summed E-state index contributed by atoms with van der Waals surface area (Å²) in [6, 6.07) is -0.468. The van der Waals surface area contributed by atoms with Crippen molar-refractivity contribution in [1.29, 1.82) is 0 Å². The van der Waals surface area contributed by atoms with Crippen molar-refractivity contribution in [1.82, 2.24) is 9.80 Å². The molecule has 0 spiro atoms. The highest BCUT2D eigenvalue weighted by atomic mass is 32.2. The molecule has 0 N–H and O–H groups in total. The molecule has 6 nitrogen and oxygen atoms in total. The number of amides is 2. The zero-order chi connectivity index (χ0) is 16.7. The van der Waals surface area contributed by atoms with Crippen LogP contribution in [0.5, 0.6) is 0 Å². The Labute approximate surface area is 126 Å². The van der Waals surface area contributed by atoms with Crippen LogP contribution in [0.15, 0.2) is 0 Å². The Balaban J connectivity index is 1.98. The van der Waals surface area contributed by atoms with Crippen molar-refractivity contribution in [3.05, 3.63) is 0 Å². The van der Waals surface area contributed by atoms with Crippen LogP contribution in [0.1, 0.15) is 12.8 Å². The van der Waals surface area contributed by atoms with Crippen molar-refractivity contribution in [2.24, 2.45) is 5.92 Å². The first-order chi connectivity index (χ1) is 9.98. The molecule has 2 rings (SSSR count). The third kappa shape index (κ3) is 3.90. The van der Waals surface area contributed by atoms with Gasteiger partial charge in [-0.25, -0.2) is 8.42 Å². The van der Waals surface area contributed by atoms with Crippen LogP contribution in [-0.4, -0.2) is 73.9 Å². The van der Waals surface area contributed by atoms with Crippen LogP contribution in [0.3, 0.4) is 0 Å². The average molecular weight is 342 g/mol. The first-order valence-electron chi connectivity index (χ1n) is 6.80. The first kappa shape index (κ1) is 17.0. The average Bonchev–Trinajstić information content (AvgIpc) is 2.89. The molecule has 22 heavy (non-hydrogen) atoms. The Hall–Kier alpha value is -1.32. The number of nitrogens with zero attached hydrogens (tertiary/aromatic N) is 2. The molecule has 2 atom stereocenters. The Morgan fingerprint density at radius 2 is 2.05 bits per heavy atom. The zero-order valence-electron chi connectivity index (χ0n) is 12.0. The number of hydrogen-bond donors (Lipinski definition) is 0. The van der Waals surface area contributed by atoms with E-state index in [1.807, 2.05) is 0 Å². The molecule has 0 bridgehead atoms. The minimum absolute atomic E-state index is 0.000910. The molecule has 2 aliphatic heterocycles. The lowest BCUT2D eigenvalue weighted by atomic mass is 10.1. The van der Waals surface area contributed by atoms with E-state index in [0.717, 1.165) is 0 Å². The van der Waals surface area contributed by atoms with Crippen LogP contribution in [-0.2, 0) is 19.4 Å². The monoisotopic (exact) mass is 342 g/mol. The molecule has 0 aromatic rings. The molecule has 0 unspecified atom stereocenters. The number of alkyl halides is 3. The Morgan fingerprint density at radius 1 is 1.41 bits per heavy atom. The highest BCUT2D eigenvalue weighted by Crippen LogP contribution is 2.26. The van der Waals surface area contributed by atoms with Crippen LogP contribution in [0.2, 0.25) is 0 Å². The van der Waals surface area contributed by atoms with Gasteiger partial charge in [-0.3, -0.25) is 9.59 Å². The van der Waals surface area contributed by atoms with Gasteiger partial charge in [-0.05, 0) is 6.42 Å². The third-order valence-electron chi connectivity index (χ3n) is 4.04. The fourth-order valence-electron chi connectivity index (χ4n) is 2.86. The molecule has 126 valence electrons. The molecular weight excluding hydrogens is 325 g/mol. The van der Waals surface area contributed by atoms with Crippen molar-refractivity contribution in [3.8, 4) is 0 Å². The van der Waals surface area contributed by atoms with Crippen molar-refractivity contribution in [2.45, 2.75) is 25.1 Å². The summed E-state index contributed by atoms with van der Waals surface area (Å²) in [6.07, 6.45) is -4.45. The number of halogens is 3. The number of sulfone groups is 1. The maximum atomic E-state index is 12.3. The van der Waals surface area contributed by atoms with Crippen LogP contribution in [0.25, 0.3) is 0 Å². The van der Waals surface area contributed by atoms with Gasteiger partial charge < -0.3 is 9.80 Å². The van der Waals surface area contributed by atoms with Crippen LogP contribution in [0.4, 0.5) is 13.2 Å². The van der Waals surface area contributed by atoms with E-state index in [0.29, 0.717) is 11.3 Å². The smallest absolute Gasteiger partial charge is 0.341 e. The molecule has 2 aliphatic rings. The van der Waals surface area contributed by atoms with E-state index in [9.17, 15) is 31.2 Å². The summed E-state index contributed by atoms with van der Waals surface area (Å²) in [5, 5.41) is 0. The summed E-state index contributed by atoms with van der Waals surface area (Å²) in [7, 11) is -1.73. The number of hydrogen-bond acceptors (Lipinski definition) is 4. The van der Waals surface area contributed by atoms with Gasteiger partial charge in [-0.15, -0.1) is 0 Å². The third-order valence-corrected chi connectivity index (χ3v) is 5.79. The molecule has 10 heteroatoms. The Kier molecular flexibility index (Phi) is 4.42. The van der Waals surface area contributed by atoms with Crippen molar-refractivity contribution >= 4 is 21.7 Å². The first-order valence-corrected chi connectivity index (χ1v) is 8.62.